The van der Waals surface area contributed by atoms with Crippen LogP contribution in [0.4, 0.5) is 0 Å². The van der Waals surface area contributed by atoms with Gasteiger partial charge in [0.1, 0.15) is 0 Å². The summed E-state index contributed by atoms with van der Waals surface area (Å²) in [6, 6.07) is 12.8. The van der Waals surface area contributed by atoms with E-state index in [1.165, 1.54) is 20.4 Å². The Morgan fingerprint density at radius 3 is 2.37 bits per heavy atom. The van der Waals surface area contributed by atoms with Gasteiger partial charge in [0.2, 0.25) is 17.4 Å². The maximum atomic E-state index is 13.0. The Morgan fingerprint density at radius 1 is 1.03 bits per heavy atom. The Morgan fingerprint density at radius 2 is 1.74 bits per heavy atom. The first kappa shape index (κ1) is 26.9. The van der Waals surface area contributed by atoms with Gasteiger partial charge in [-0.15, -0.1) is 0 Å². The highest BCUT2D eigenvalue weighted by molar-refractivity contribution is 5.91. The molecule has 200 valence electrons. The predicted octanol–water partition coefficient (Wildman–Crippen LogP) is 4.10. The minimum atomic E-state index is -0.628. The van der Waals surface area contributed by atoms with Crippen molar-refractivity contribution in [2.24, 2.45) is 0 Å². The Balaban J connectivity index is 1.77. The zero-order valence-corrected chi connectivity index (χ0v) is 21.8. The number of morpholine rings is 1. The highest BCUT2D eigenvalue weighted by Crippen LogP contribution is 2.53. The summed E-state index contributed by atoms with van der Waals surface area (Å²) in [7, 11) is 2.82. The second-order valence-corrected chi connectivity index (χ2v) is 8.91. The molecule has 0 radical (unpaired) electrons. The van der Waals surface area contributed by atoms with Crippen molar-refractivity contribution < 1.29 is 33.6 Å². The number of amides is 1. The van der Waals surface area contributed by atoms with Crippen LogP contribution in [0.15, 0.2) is 54.9 Å². The van der Waals surface area contributed by atoms with Gasteiger partial charge in [-0.25, -0.2) is 4.79 Å². The van der Waals surface area contributed by atoms with Gasteiger partial charge in [-0.05, 0) is 31.0 Å². The first-order valence-electron chi connectivity index (χ1n) is 12.5. The van der Waals surface area contributed by atoms with Crippen molar-refractivity contribution in [2.75, 3.05) is 40.5 Å². The summed E-state index contributed by atoms with van der Waals surface area (Å²) >= 11 is 0. The molecule has 3 aromatic rings. The number of carbonyl (C=O) groups excluding carboxylic acids is 2. The van der Waals surface area contributed by atoms with Crippen molar-refractivity contribution in [3.8, 4) is 23.0 Å². The van der Waals surface area contributed by atoms with E-state index in [-0.39, 0.29) is 40.9 Å². The van der Waals surface area contributed by atoms with Crippen molar-refractivity contribution in [2.45, 2.75) is 25.7 Å². The van der Waals surface area contributed by atoms with Gasteiger partial charge in [-0.2, -0.15) is 0 Å². The minimum Gasteiger partial charge on any atom is -0.504 e. The number of hydrogen-bond donors (Lipinski definition) is 1. The molecule has 0 aliphatic carbocycles. The molecule has 0 spiro atoms. The van der Waals surface area contributed by atoms with Gasteiger partial charge in [0.15, 0.2) is 11.5 Å². The summed E-state index contributed by atoms with van der Waals surface area (Å²) in [6.45, 7) is 3.92. The summed E-state index contributed by atoms with van der Waals surface area (Å²) in [6.07, 6.45) is 3.65. The van der Waals surface area contributed by atoms with Crippen LogP contribution >= 0.6 is 0 Å². The van der Waals surface area contributed by atoms with Crippen LogP contribution < -0.4 is 14.2 Å². The van der Waals surface area contributed by atoms with E-state index in [4.69, 9.17) is 18.9 Å². The lowest BCUT2D eigenvalue weighted by Crippen LogP contribution is -2.40. The lowest BCUT2D eigenvalue weighted by Gasteiger charge is -2.29. The van der Waals surface area contributed by atoms with Gasteiger partial charge in [-0.1, -0.05) is 30.3 Å². The van der Waals surface area contributed by atoms with E-state index < -0.39 is 11.9 Å². The van der Waals surface area contributed by atoms with Crippen LogP contribution in [0.2, 0.25) is 0 Å². The summed E-state index contributed by atoms with van der Waals surface area (Å²) in [5.41, 5.74) is 2.17. The number of hydrogen-bond acceptors (Lipinski definition) is 8. The van der Waals surface area contributed by atoms with Crippen LogP contribution in [-0.2, 0) is 9.53 Å². The number of aromatic nitrogens is 1. The fourth-order valence-corrected chi connectivity index (χ4v) is 4.76. The number of aromatic hydroxyl groups is 1. The molecule has 2 heterocycles. The third-order valence-corrected chi connectivity index (χ3v) is 6.69. The highest BCUT2D eigenvalue weighted by Gasteiger charge is 2.32. The van der Waals surface area contributed by atoms with Crippen molar-refractivity contribution in [3.63, 3.8) is 0 Å². The molecule has 1 fully saturated rings. The van der Waals surface area contributed by atoms with Gasteiger partial charge in [0.25, 0.3) is 0 Å². The molecule has 1 unspecified atom stereocenters. The van der Waals surface area contributed by atoms with Gasteiger partial charge < -0.3 is 29.0 Å². The van der Waals surface area contributed by atoms with Gasteiger partial charge in [0.05, 0.1) is 33.0 Å². The normalized spacial score (nSPS) is 14.0. The molecule has 1 aromatic heterocycles. The maximum absolute atomic E-state index is 13.0. The number of ether oxygens (including phenoxy) is 4. The average Bonchev–Trinajstić information content (AvgIpc) is 2.97. The number of esters is 1. The van der Waals surface area contributed by atoms with Crippen LogP contribution in [0.5, 0.6) is 23.0 Å². The van der Waals surface area contributed by atoms with Crippen LogP contribution in [-0.4, -0.2) is 67.4 Å². The molecular formula is C29H32N2O7. The van der Waals surface area contributed by atoms with Crippen molar-refractivity contribution >= 4 is 11.9 Å². The quantitative estimate of drug-likeness (QED) is 0.332. The molecule has 4 rings (SSSR count). The fourth-order valence-electron chi connectivity index (χ4n) is 4.76. The average molecular weight is 521 g/mol. The zero-order chi connectivity index (χ0) is 27.1. The number of methoxy groups -OCH3 is 2. The Bertz CT molecular complexity index is 1260. The number of rotatable bonds is 9. The van der Waals surface area contributed by atoms with E-state index in [0.717, 1.165) is 5.56 Å². The molecule has 1 atom stereocenters. The topological polar surface area (TPSA) is 107 Å². The minimum absolute atomic E-state index is 0.0232. The largest absolute Gasteiger partial charge is 0.504 e. The smallest absolute Gasteiger partial charge is 0.345 e. The Hall–Kier alpha value is -4.11. The first-order valence-corrected chi connectivity index (χ1v) is 12.5. The second-order valence-electron chi connectivity index (χ2n) is 8.91. The second kappa shape index (κ2) is 12.4. The van der Waals surface area contributed by atoms with Gasteiger partial charge in [-0.3, -0.25) is 9.78 Å². The Kier molecular flexibility index (Phi) is 8.81. The van der Waals surface area contributed by atoms with Crippen LogP contribution in [0.1, 0.15) is 45.8 Å². The maximum Gasteiger partial charge on any atom is 0.345 e. The van der Waals surface area contributed by atoms with E-state index in [1.54, 1.807) is 30.2 Å². The summed E-state index contributed by atoms with van der Waals surface area (Å²) in [5, 5.41) is 11.4. The van der Waals surface area contributed by atoms with Gasteiger partial charge in [0, 0.05) is 48.9 Å². The lowest BCUT2D eigenvalue weighted by atomic mass is 9.83. The molecule has 1 saturated heterocycles. The van der Waals surface area contributed by atoms with E-state index in [9.17, 15) is 14.7 Å². The van der Waals surface area contributed by atoms with Crippen LogP contribution in [0, 0.1) is 6.92 Å². The third kappa shape index (κ3) is 5.73. The molecule has 1 aliphatic heterocycles. The van der Waals surface area contributed by atoms with Crippen molar-refractivity contribution in [1.29, 1.82) is 0 Å². The van der Waals surface area contributed by atoms with E-state index in [0.29, 0.717) is 43.9 Å². The highest BCUT2D eigenvalue weighted by atomic mass is 16.6. The van der Waals surface area contributed by atoms with Crippen molar-refractivity contribution in [1.82, 2.24) is 9.88 Å². The first-order chi connectivity index (χ1) is 18.5. The molecule has 9 heteroatoms. The van der Waals surface area contributed by atoms with Gasteiger partial charge >= 0.3 is 5.97 Å². The van der Waals surface area contributed by atoms with Crippen LogP contribution in [0.3, 0.4) is 0 Å². The number of pyridine rings is 1. The number of phenolic OH excluding ortho intramolecular Hbond substituents is 1. The van der Waals surface area contributed by atoms with Crippen molar-refractivity contribution in [3.05, 3.63) is 77.1 Å². The molecule has 0 bridgehead atoms. The number of nitrogens with zero attached hydrogens (tertiary/aromatic N) is 2. The van der Waals surface area contributed by atoms with E-state index >= 15 is 0 Å². The number of carbonyl (C=O) groups is 2. The van der Waals surface area contributed by atoms with E-state index in [2.05, 4.69) is 4.98 Å². The summed E-state index contributed by atoms with van der Waals surface area (Å²) in [5.74, 6) is -0.853. The SMILES string of the molecule is COc1c(O)c(C(CCC(=O)N2CCOCC2)c2ccccc2)c(C)c(OC(=O)c2cccnc2)c1OC. The monoisotopic (exact) mass is 520 g/mol. The standard InChI is InChI=1S/C29H32N2O7/c1-19-24(22(20-8-5-4-6-9-20)11-12-23(32)31-14-16-37-17-15-31)25(33)27(35-2)28(36-3)26(19)38-29(34)21-10-7-13-30-18-21/h4-10,13,18,22,33H,11-12,14-17H2,1-3H3. The third-order valence-electron chi connectivity index (χ3n) is 6.69. The molecule has 1 N–H and O–H groups in total. The fraction of sp³-hybridized carbons (Fsp3) is 0.345. The lowest BCUT2D eigenvalue weighted by molar-refractivity contribution is -0.135. The summed E-state index contributed by atoms with van der Waals surface area (Å²) < 4.78 is 22.2. The zero-order valence-electron chi connectivity index (χ0n) is 21.8. The molecule has 2 aromatic carbocycles. The predicted molar refractivity (Wildman–Crippen MR) is 140 cm³/mol. The number of phenols is 1. The summed E-state index contributed by atoms with van der Waals surface area (Å²) in [4.78, 5) is 31.8. The van der Waals surface area contributed by atoms with E-state index in [1.807, 2.05) is 30.3 Å². The molecular weight excluding hydrogens is 488 g/mol. The molecule has 9 nitrogen and oxygen atoms in total. The molecule has 1 aliphatic rings. The molecule has 0 saturated carbocycles. The molecule has 38 heavy (non-hydrogen) atoms. The Labute approximate surface area is 221 Å². The number of benzene rings is 2. The molecule has 1 amide bonds. The van der Waals surface area contributed by atoms with Crippen LogP contribution in [0.25, 0.3) is 0 Å².